The maximum absolute atomic E-state index is 14.4. The van der Waals surface area contributed by atoms with Gasteiger partial charge in [0.25, 0.3) is 0 Å². The normalized spacial score (nSPS) is 19.9. The number of rotatable bonds is 3. The lowest BCUT2D eigenvalue weighted by Gasteiger charge is -2.37. The van der Waals surface area contributed by atoms with Crippen molar-refractivity contribution in [1.82, 2.24) is 10.9 Å². The number of ether oxygens (including phenoxy) is 2. The van der Waals surface area contributed by atoms with E-state index >= 15 is 0 Å². The van der Waals surface area contributed by atoms with Gasteiger partial charge in [-0.25, -0.2) is 24.8 Å². The summed E-state index contributed by atoms with van der Waals surface area (Å²) in [4.78, 5) is 24.7. The van der Waals surface area contributed by atoms with Crippen LogP contribution in [0.25, 0.3) is 0 Å². The van der Waals surface area contributed by atoms with Gasteiger partial charge in [0, 0.05) is 18.8 Å². The molecule has 1 saturated heterocycles. The molecule has 25 heavy (non-hydrogen) atoms. The first-order valence-corrected chi connectivity index (χ1v) is 8.08. The molecule has 2 atom stereocenters. The summed E-state index contributed by atoms with van der Waals surface area (Å²) in [5.41, 5.74) is 4.87. The van der Waals surface area contributed by atoms with Gasteiger partial charge >= 0.3 is 12.1 Å². The van der Waals surface area contributed by atoms with Crippen molar-refractivity contribution in [2.45, 2.75) is 33.0 Å². The van der Waals surface area contributed by atoms with Gasteiger partial charge in [0.05, 0.1) is 24.5 Å². The molecule has 2 rings (SSSR count). The third kappa shape index (κ3) is 5.49. The number of hydrogen-bond donors (Lipinski definition) is 3. The number of nitrogens with zero attached hydrogens (tertiary/aromatic N) is 1. The molecule has 2 unspecified atom stereocenters. The lowest BCUT2D eigenvalue weighted by atomic mass is 10.2. The third-order valence-corrected chi connectivity index (χ3v) is 3.52. The molecule has 3 N–H and O–H groups in total. The quantitative estimate of drug-likeness (QED) is 0.724. The molecule has 138 valence electrons. The van der Waals surface area contributed by atoms with Crippen molar-refractivity contribution in [2.75, 3.05) is 29.9 Å². The van der Waals surface area contributed by atoms with Gasteiger partial charge < -0.3 is 19.7 Å². The fourth-order valence-corrected chi connectivity index (χ4v) is 2.65. The molecule has 0 bridgehead atoms. The average Bonchev–Trinajstić information content (AvgIpc) is 2.52. The van der Waals surface area contributed by atoms with Gasteiger partial charge in [0.15, 0.2) is 0 Å². The third-order valence-electron chi connectivity index (χ3n) is 3.52. The Hall–Kier alpha value is -2.55. The molecule has 0 aliphatic carbocycles. The molecule has 1 aliphatic rings. The minimum atomic E-state index is -0.783. The smallest absolute Gasteiger partial charge is 0.426 e. The van der Waals surface area contributed by atoms with Crippen molar-refractivity contribution in [3.8, 4) is 0 Å². The number of anilines is 2. The standard InChI is InChI=1S/C16H23FN4O4/c1-4-24-16(23)20-19-15(22)18-12-5-6-14(13(17)7-12)21-8-10(2)25-11(3)9-21/h5-7,10-11H,4,8-9H2,1-3H3,(H,20,23)(H2,18,19,22). The van der Waals surface area contributed by atoms with Crippen molar-refractivity contribution < 1.29 is 23.5 Å². The Labute approximate surface area is 145 Å². The molecule has 1 aromatic carbocycles. The van der Waals surface area contributed by atoms with Crippen molar-refractivity contribution in [1.29, 1.82) is 0 Å². The molecule has 9 heteroatoms. The van der Waals surface area contributed by atoms with Gasteiger partial charge in [0.1, 0.15) is 5.82 Å². The number of carbonyl (C=O) groups is 2. The van der Waals surface area contributed by atoms with Gasteiger partial charge in [-0.3, -0.25) is 0 Å². The van der Waals surface area contributed by atoms with Crippen LogP contribution in [0.3, 0.4) is 0 Å². The highest BCUT2D eigenvalue weighted by Gasteiger charge is 2.24. The van der Waals surface area contributed by atoms with E-state index in [0.29, 0.717) is 18.8 Å². The molecule has 0 aromatic heterocycles. The molecule has 1 aromatic rings. The van der Waals surface area contributed by atoms with Crippen LogP contribution in [0.2, 0.25) is 0 Å². The van der Waals surface area contributed by atoms with Gasteiger partial charge in [-0.15, -0.1) is 0 Å². The lowest BCUT2D eigenvalue weighted by molar-refractivity contribution is -0.00539. The predicted molar refractivity (Wildman–Crippen MR) is 90.9 cm³/mol. The number of hydrazine groups is 1. The summed E-state index contributed by atoms with van der Waals surface area (Å²) in [5.74, 6) is -0.447. The highest BCUT2D eigenvalue weighted by atomic mass is 19.1. The summed E-state index contributed by atoms with van der Waals surface area (Å²) in [6, 6.07) is 3.71. The van der Waals surface area contributed by atoms with Crippen LogP contribution in [-0.2, 0) is 9.47 Å². The highest BCUT2D eigenvalue weighted by Crippen LogP contribution is 2.26. The average molecular weight is 354 g/mol. The van der Waals surface area contributed by atoms with E-state index in [9.17, 15) is 14.0 Å². The minimum absolute atomic E-state index is 0.0145. The molecular weight excluding hydrogens is 331 g/mol. The molecule has 1 aliphatic heterocycles. The molecule has 1 fully saturated rings. The summed E-state index contributed by atoms with van der Waals surface area (Å²) >= 11 is 0. The summed E-state index contributed by atoms with van der Waals surface area (Å²) in [6.07, 6.45) is -0.754. The summed E-state index contributed by atoms with van der Waals surface area (Å²) in [5, 5.41) is 2.42. The highest BCUT2D eigenvalue weighted by molar-refractivity contribution is 5.90. The van der Waals surface area contributed by atoms with Crippen LogP contribution in [-0.4, -0.2) is 44.0 Å². The Bertz CT molecular complexity index is 618. The van der Waals surface area contributed by atoms with E-state index < -0.39 is 17.9 Å². The van der Waals surface area contributed by atoms with E-state index in [1.807, 2.05) is 18.7 Å². The SMILES string of the molecule is CCOC(=O)NNC(=O)Nc1ccc(N2CC(C)OC(C)C2)c(F)c1. The number of carbonyl (C=O) groups excluding carboxylic acids is 2. The van der Waals surface area contributed by atoms with E-state index in [-0.39, 0.29) is 24.5 Å². The Morgan fingerprint density at radius 3 is 2.56 bits per heavy atom. The zero-order chi connectivity index (χ0) is 18.4. The van der Waals surface area contributed by atoms with Crippen LogP contribution in [0.4, 0.5) is 25.4 Å². The Balaban J connectivity index is 1.95. The maximum Gasteiger partial charge on any atom is 0.426 e. The van der Waals surface area contributed by atoms with Crippen LogP contribution in [0.15, 0.2) is 18.2 Å². The largest absolute Gasteiger partial charge is 0.449 e. The molecule has 3 amide bonds. The zero-order valence-corrected chi connectivity index (χ0v) is 14.5. The van der Waals surface area contributed by atoms with Crippen LogP contribution >= 0.6 is 0 Å². The number of halogens is 1. The minimum Gasteiger partial charge on any atom is -0.449 e. The van der Waals surface area contributed by atoms with E-state index in [2.05, 4.69) is 20.9 Å². The van der Waals surface area contributed by atoms with Gasteiger partial charge in [-0.2, -0.15) is 0 Å². The number of amides is 3. The number of hydrogen-bond acceptors (Lipinski definition) is 5. The molecule has 8 nitrogen and oxygen atoms in total. The second-order valence-electron chi connectivity index (χ2n) is 5.75. The monoisotopic (exact) mass is 354 g/mol. The summed E-state index contributed by atoms with van der Waals surface area (Å²) < 4.78 is 24.6. The summed E-state index contributed by atoms with van der Waals surface area (Å²) in [7, 11) is 0. The predicted octanol–water partition coefficient (Wildman–Crippen LogP) is 2.22. The molecule has 0 spiro atoms. The lowest BCUT2D eigenvalue weighted by Crippen LogP contribution is -2.46. The topological polar surface area (TPSA) is 91.9 Å². The number of morpholine rings is 1. The fraction of sp³-hybridized carbons (Fsp3) is 0.500. The van der Waals surface area contributed by atoms with E-state index in [0.717, 1.165) is 0 Å². The zero-order valence-electron chi connectivity index (χ0n) is 14.5. The first-order valence-electron chi connectivity index (χ1n) is 8.08. The fourth-order valence-electron chi connectivity index (χ4n) is 2.65. The van der Waals surface area contributed by atoms with Gasteiger partial charge in [0.2, 0.25) is 0 Å². The number of urea groups is 1. The second-order valence-corrected chi connectivity index (χ2v) is 5.75. The van der Waals surface area contributed by atoms with Gasteiger partial charge in [-0.05, 0) is 39.0 Å². The molecular formula is C16H23FN4O4. The van der Waals surface area contributed by atoms with Crippen LogP contribution in [0.5, 0.6) is 0 Å². The molecule has 0 saturated carbocycles. The van der Waals surface area contributed by atoms with E-state index in [1.54, 1.807) is 19.1 Å². The van der Waals surface area contributed by atoms with Crippen molar-refractivity contribution in [2.24, 2.45) is 0 Å². The van der Waals surface area contributed by atoms with E-state index in [1.165, 1.54) is 6.07 Å². The van der Waals surface area contributed by atoms with Crippen molar-refractivity contribution >= 4 is 23.5 Å². The summed E-state index contributed by atoms with van der Waals surface area (Å²) in [6.45, 7) is 6.89. The Morgan fingerprint density at radius 1 is 1.28 bits per heavy atom. The number of nitrogens with one attached hydrogen (secondary N) is 3. The number of benzene rings is 1. The van der Waals surface area contributed by atoms with Crippen LogP contribution in [0.1, 0.15) is 20.8 Å². The van der Waals surface area contributed by atoms with Crippen molar-refractivity contribution in [3.63, 3.8) is 0 Å². The van der Waals surface area contributed by atoms with Crippen LogP contribution < -0.4 is 21.1 Å². The van der Waals surface area contributed by atoms with Crippen LogP contribution in [0, 0.1) is 5.82 Å². The second kappa shape index (κ2) is 8.52. The van der Waals surface area contributed by atoms with E-state index in [4.69, 9.17) is 4.74 Å². The Morgan fingerprint density at radius 2 is 1.96 bits per heavy atom. The first kappa shape index (κ1) is 18.8. The van der Waals surface area contributed by atoms with Gasteiger partial charge in [-0.1, -0.05) is 0 Å². The molecule has 1 heterocycles. The first-order chi connectivity index (χ1) is 11.9. The molecule has 0 radical (unpaired) electrons. The van der Waals surface area contributed by atoms with Crippen molar-refractivity contribution in [3.05, 3.63) is 24.0 Å². The maximum atomic E-state index is 14.4. The Kier molecular flexibility index (Phi) is 6.40.